The zero-order chi connectivity index (χ0) is 13.8. The fraction of sp³-hybridized carbons (Fsp3) is 0.538. The average molecular weight is 268 g/mol. The van der Waals surface area contributed by atoms with E-state index in [1.807, 2.05) is 4.90 Å². The number of rotatable bonds is 4. The first-order valence-corrected chi connectivity index (χ1v) is 6.45. The molecule has 0 aromatic heterocycles. The van der Waals surface area contributed by atoms with Gasteiger partial charge in [0.25, 0.3) is 0 Å². The molecule has 0 spiro atoms. The van der Waals surface area contributed by atoms with E-state index in [2.05, 4.69) is 0 Å². The number of halogens is 1. The Morgan fingerprint density at radius 2 is 2.26 bits per heavy atom. The first-order valence-electron chi connectivity index (χ1n) is 6.45. The molecule has 1 N–H and O–H groups in total. The summed E-state index contributed by atoms with van der Waals surface area (Å²) in [5, 5.41) is 20.1. The largest absolute Gasteiger partial charge is 0.396 e. The van der Waals surface area contributed by atoms with Crippen LogP contribution in [-0.2, 0) is 0 Å². The number of benzene rings is 1. The summed E-state index contributed by atoms with van der Waals surface area (Å²) in [6.07, 6.45) is 3.38. The Balaban J connectivity index is 2.38. The molecule has 1 unspecified atom stereocenters. The molecule has 19 heavy (non-hydrogen) atoms. The highest BCUT2D eigenvalue weighted by Gasteiger charge is 2.29. The Kier molecular flexibility index (Phi) is 4.31. The average Bonchev–Trinajstić information content (AvgIpc) is 2.39. The zero-order valence-corrected chi connectivity index (χ0v) is 10.6. The first-order chi connectivity index (χ1) is 9.15. The molecule has 1 aliphatic heterocycles. The summed E-state index contributed by atoms with van der Waals surface area (Å²) < 4.78 is 13.7. The van der Waals surface area contributed by atoms with Crippen molar-refractivity contribution in [2.75, 3.05) is 18.1 Å². The molecule has 0 radical (unpaired) electrons. The minimum atomic E-state index is -0.809. The standard InChI is InChI=1S/C13H17FN2O3/c14-11-5-3-6-12(13(11)16(18)19)15-8-2-1-4-10(15)7-9-17/h3,5-6,10,17H,1-2,4,7-9H2. The molecule has 1 saturated heterocycles. The fourth-order valence-corrected chi connectivity index (χ4v) is 2.68. The van der Waals surface area contributed by atoms with Crippen LogP contribution in [0.3, 0.4) is 0 Å². The van der Waals surface area contributed by atoms with Crippen molar-refractivity contribution in [2.45, 2.75) is 31.7 Å². The summed E-state index contributed by atoms with van der Waals surface area (Å²) in [6, 6.07) is 4.21. The molecule has 0 aliphatic carbocycles. The highest BCUT2D eigenvalue weighted by atomic mass is 19.1. The number of nitrogens with zero attached hydrogens (tertiary/aromatic N) is 2. The summed E-state index contributed by atoms with van der Waals surface area (Å²) in [5.41, 5.74) is -0.143. The minimum Gasteiger partial charge on any atom is -0.396 e. The molecular formula is C13H17FN2O3. The summed E-state index contributed by atoms with van der Waals surface area (Å²) in [7, 11) is 0. The maximum Gasteiger partial charge on any atom is 0.327 e. The van der Waals surface area contributed by atoms with Gasteiger partial charge in [0, 0.05) is 19.2 Å². The second-order valence-corrected chi connectivity index (χ2v) is 4.72. The van der Waals surface area contributed by atoms with E-state index in [0.29, 0.717) is 18.7 Å². The van der Waals surface area contributed by atoms with Gasteiger partial charge in [-0.1, -0.05) is 6.07 Å². The van der Waals surface area contributed by atoms with E-state index in [4.69, 9.17) is 5.11 Å². The quantitative estimate of drug-likeness (QED) is 0.673. The Bertz CT molecular complexity index is 465. The number of piperidine rings is 1. The van der Waals surface area contributed by atoms with Crippen molar-refractivity contribution in [2.24, 2.45) is 0 Å². The van der Waals surface area contributed by atoms with Gasteiger partial charge in [-0.25, -0.2) is 0 Å². The molecule has 1 heterocycles. The van der Waals surface area contributed by atoms with E-state index in [9.17, 15) is 14.5 Å². The van der Waals surface area contributed by atoms with Gasteiger partial charge in [-0.3, -0.25) is 10.1 Å². The van der Waals surface area contributed by atoms with Crippen LogP contribution in [0.25, 0.3) is 0 Å². The third-order valence-electron chi connectivity index (χ3n) is 3.55. The molecule has 1 aromatic rings. The Hall–Kier alpha value is -1.69. The van der Waals surface area contributed by atoms with Gasteiger partial charge in [0.1, 0.15) is 5.69 Å². The summed E-state index contributed by atoms with van der Waals surface area (Å²) in [5.74, 6) is -0.809. The molecule has 6 heteroatoms. The van der Waals surface area contributed by atoms with Crippen LogP contribution in [0.15, 0.2) is 18.2 Å². The molecule has 2 rings (SSSR count). The van der Waals surface area contributed by atoms with Gasteiger partial charge in [-0.2, -0.15) is 4.39 Å². The number of nitro benzene ring substituents is 1. The lowest BCUT2D eigenvalue weighted by Crippen LogP contribution is -2.40. The van der Waals surface area contributed by atoms with E-state index in [-0.39, 0.29) is 12.6 Å². The van der Waals surface area contributed by atoms with Gasteiger partial charge in [0.15, 0.2) is 0 Å². The van der Waals surface area contributed by atoms with E-state index >= 15 is 0 Å². The molecule has 1 atom stereocenters. The number of aliphatic hydroxyl groups is 1. The second kappa shape index (κ2) is 5.97. The van der Waals surface area contributed by atoms with Crippen LogP contribution < -0.4 is 4.90 Å². The lowest BCUT2D eigenvalue weighted by atomic mass is 9.98. The van der Waals surface area contributed by atoms with Crippen LogP contribution in [0, 0.1) is 15.9 Å². The number of aliphatic hydroxyl groups excluding tert-OH is 1. The molecule has 104 valence electrons. The summed E-state index contributed by atoms with van der Waals surface area (Å²) in [4.78, 5) is 12.2. The highest BCUT2D eigenvalue weighted by Crippen LogP contribution is 2.35. The van der Waals surface area contributed by atoms with Crippen molar-refractivity contribution >= 4 is 11.4 Å². The molecule has 0 saturated carbocycles. The van der Waals surface area contributed by atoms with Crippen molar-refractivity contribution in [1.29, 1.82) is 0 Å². The van der Waals surface area contributed by atoms with Crippen molar-refractivity contribution in [3.05, 3.63) is 34.1 Å². The number of para-hydroxylation sites is 1. The zero-order valence-electron chi connectivity index (χ0n) is 10.6. The summed E-state index contributed by atoms with van der Waals surface area (Å²) in [6.45, 7) is 0.694. The van der Waals surface area contributed by atoms with Crippen LogP contribution in [0.2, 0.25) is 0 Å². The maximum atomic E-state index is 13.7. The molecule has 5 nitrogen and oxygen atoms in total. The number of hydrogen-bond donors (Lipinski definition) is 1. The van der Waals surface area contributed by atoms with E-state index < -0.39 is 16.4 Å². The van der Waals surface area contributed by atoms with Crippen molar-refractivity contribution in [1.82, 2.24) is 0 Å². The first kappa shape index (κ1) is 13.7. The Morgan fingerprint density at radius 3 is 2.95 bits per heavy atom. The molecule has 1 aromatic carbocycles. The molecule has 0 amide bonds. The van der Waals surface area contributed by atoms with E-state index in [1.54, 1.807) is 6.07 Å². The van der Waals surface area contributed by atoms with Crippen molar-refractivity contribution in [3.8, 4) is 0 Å². The third-order valence-corrected chi connectivity index (χ3v) is 3.55. The number of anilines is 1. The fourth-order valence-electron chi connectivity index (χ4n) is 2.68. The van der Waals surface area contributed by atoms with Crippen molar-refractivity contribution < 1.29 is 14.4 Å². The van der Waals surface area contributed by atoms with E-state index in [1.165, 1.54) is 6.07 Å². The second-order valence-electron chi connectivity index (χ2n) is 4.72. The number of nitro groups is 1. The lowest BCUT2D eigenvalue weighted by Gasteiger charge is -2.37. The normalized spacial score (nSPS) is 19.5. The van der Waals surface area contributed by atoms with Gasteiger partial charge in [0.05, 0.1) is 4.92 Å². The van der Waals surface area contributed by atoms with Crippen LogP contribution >= 0.6 is 0 Å². The van der Waals surface area contributed by atoms with Gasteiger partial charge in [0.2, 0.25) is 5.82 Å². The van der Waals surface area contributed by atoms with Gasteiger partial charge >= 0.3 is 5.69 Å². The predicted octanol–water partition coefficient (Wildman–Crippen LogP) is 2.48. The van der Waals surface area contributed by atoms with Crippen LogP contribution in [0.4, 0.5) is 15.8 Å². The molecular weight excluding hydrogens is 251 g/mol. The van der Waals surface area contributed by atoms with Crippen molar-refractivity contribution in [3.63, 3.8) is 0 Å². The Labute approximate surface area is 110 Å². The monoisotopic (exact) mass is 268 g/mol. The molecule has 1 aliphatic rings. The molecule has 1 fully saturated rings. The minimum absolute atomic E-state index is 0.0320. The Morgan fingerprint density at radius 1 is 1.47 bits per heavy atom. The van der Waals surface area contributed by atoms with Gasteiger partial charge in [-0.15, -0.1) is 0 Å². The van der Waals surface area contributed by atoms with Gasteiger partial charge in [-0.05, 0) is 37.8 Å². The van der Waals surface area contributed by atoms with Crippen LogP contribution in [0.1, 0.15) is 25.7 Å². The van der Waals surface area contributed by atoms with Crippen LogP contribution in [0.5, 0.6) is 0 Å². The topological polar surface area (TPSA) is 66.6 Å². The molecule has 0 bridgehead atoms. The predicted molar refractivity (Wildman–Crippen MR) is 69.7 cm³/mol. The van der Waals surface area contributed by atoms with E-state index in [0.717, 1.165) is 25.3 Å². The smallest absolute Gasteiger partial charge is 0.327 e. The van der Waals surface area contributed by atoms with Crippen LogP contribution in [-0.4, -0.2) is 29.2 Å². The third kappa shape index (κ3) is 2.84. The SMILES string of the molecule is O=[N+]([O-])c1c(F)cccc1N1CCCCC1CCO. The summed E-state index contributed by atoms with van der Waals surface area (Å²) >= 11 is 0. The maximum absolute atomic E-state index is 13.7. The number of hydrogen-bond acceptors (Lipinski definition) is 4. The lowest BCUT2D eigenvalue weighted by molar-refractivity contribution is -0.386. The highest BCUT2D eigenvalue weighted by molar-refractivity contribution is 5.64. The van der Waals surface area contributed by atoms with Gasteiger partial charge < -0.3 is 10.0 Å².